The summed E-state index contributed by atoms with van der Waals surface area (Å²) >= 11 is 6.11. The summed E-state index contributed by atoms with van der Waals surface area (Å²) in [5.74, 6) is 1.44. The van der Waals surface area contributed by atoms with E-state index in [2.05, 4.69) is 23.8 Å². The van der Waals surface area contributed by atoms with Crippen LogP contribution in [0.3, 0.4) is 0 Å². The molecule has 0 spiro atoms. The lowest BCUT2D eigenvalue weighted by Crippen LogP contribution is -2.47. The van der Waals surface area contributed by atoms with Gasteiger partial charge in [0.1, 0.15) is 5.78 Å². The van der Waals surface area contributed by atoms with Crippen LogP contribution in [0.2, 0.25) is 5.28 Å². The maximum atomic E-state index is 12.1. The fourth-order valence-electron chi connectivity index (χ4n) is 4.13. The van der Waals surface area contributed by atoms with Gasteiger partial charge in [0.05, 0.1) is 12.3 Å². The van der Waals surface area contributed by atoms with E-state index in [-0.39, 0.29) is 16.6 Å². The van der Waals surface area contributed by atoms with Gasteiger partial charge in [0.15, 0.2) is 0 Å². The summed E-state index contributed by atoms with van der Waals surface area (Å²) in [6.45, 7) is 6.78. The third-order valence-electron chi connectivity index (χ3n) is 5.29. The van der Waals surface area contributed by atoms with Crippen LogP contribution in [0.15, 0.2) is 0 Å². The van der Waals surface area contributed by atoms with Crippen LogP contribution < -0.4 is 4.74 Å². The highest BCUT2D eigenvalue weighted by Gasteiger charge is 2.49. The molecule has 5 heteroatoms. The first-order valence-electron chi connectivity index (χ1n) is 7.69. The number of ether oxygens (including phenoxy) is 1. The van der Waals surface area contributed by atoms with Gasteiger partial charge in [-0.05, 0) is 43.7 Å². The van der Waals surface area contributed by atoms with Crippen molar-refractivity contribution in [3.05, 3.63) is 16.5 Å². The molecule has 1 unspecified atom stereocenters. The van der Waals surface area contributed by atoms with E-state index in [1.807, 2.05) is 6.92 Å². The highest BCUT2D eigenvalue weighted by atomic mass is 35.5. The third-order valence-corrected chi connectivity index (χ3v) is 5.46. The Morgan fingerprint density at radius 2 is 2.14 bits per heavy atom. The van der Waals surface area contributed by atoms with E-state index in [0.717, 1.165) is 30.5 Å². The van der Waals surface area contributed by atoms with E-state index in [0.29, 0.717) is 30.6 Å². The predicted octanol–water partition coefficient (Wildman–Crippen LogP) is 3.35. The fraction of sp³-hybridized carbons (Fsp3) is 0.688. The molecule has 0 bridgehead atoms. The minimum absolute atomic E-state index is 0.0979. The van der Waals surface area contributed by atoms with Crippen molar-refractivity contribution >= 4 is 17.4 Å². The van der Waals surface area contributed by atoms with Crippen molar-refractivity contribution in [3.63, 3.8) is 0 Å². The predicted molar refractivity (Wildman–Crippen MR) is 80.8 cm³/mol. The molecule has 2 aliphatic carbocycles. The van der Waals surface area contributed by atoms with Gasteiger partial charge in [-0.3, -0.25) is 4.79 Å². The molecule has 1 fully saturated rings. The van der Waals surface area contributed by atoms with Crippen LogP contribution in [0.1, 0.15) is 51.3 Å². The zero-order valence-corrected chi connectivity index (χ0v) is 13.5. The molecule has 1 heterocycles. The molecule has 114 valence electrons. The van der Waals surface area contributed by atoms with Crippen molar-refractivity contribution in [1.29, 1.82) is 0 Å². The average molecular weight is 309 g/mol. The van der Waals surface area contributed by atoms with Crippen molar-refractivity contribution in [2.24, 2.45) is 11.8 Å². The Hall–Kier alpha value is -1.16. The number of ketones is 1. The number of carbonyl (C=O) groups excluding carboxylic acids is 1. The first kappa shape index (κ1) is 14.8. The normalized spacial score (nSPS) is 31.5. The van der Waals surface area contributed by atoms with E-state index in [1.54, 1.807) is 0 Å². The molecular formula is C16H21ClN2O2. The van der Waals surface area contributed by atoms with E-state index < -0.39 is 0 Å². The standard InChI is InChI=1S/C16H21ClN2O2/c1-4-21-14-10-5-6-11-9(2)12(20)7-8-16(11,3)13(10)18-15(17)19-14/h9,11H,4-8H2,1-3H3/t9-,11-,16?/m0/s1. The van der Waals surface area contributed by atoms with Gasteiger partial charge in [0.25, 0.3) is 0 Å². The van der Waals surface area contributed by atoms with Crippen LogP contribution in [-0.2, 0) is 16.6 Å². The molecular weight excluding hydrogens is 288 g/mol. The number of hydrogen-bond donors (Lipinski definition) is 0. The van der Waals surface area contributed by atoms with E-state index in [9.17, 15) is 4.79 Å². The van der Waals surface area contributed by atoms with Gasteiger partial charge >= 0.3 is 0 Å². The summed E-state index contributed by atoms with van der Waals surface area (Å²) in [7, 11) is 0. The molecule has 1 saturated carbocycles. The fourth-order valence-corrected chi connectivity index (χ4v) is 4.29. The number of carbonyl (C=O) groups is 1. The first-order valence-corrected chi connectivity index (χ1v) is 8.07. The largest absolute Gasteiger partial charge is 0.478 e. The second-order valence-electron chi connectivity index (χ2n) is 6.38. The molecule has 3 rings (SSSR count). The molecule has 0 amide bonds. The summed E-state index contributed by atoms with van der Waals surface area (Å²) < 4.78 is 5.66. The summed E-state index contributed by atoms with van der Waals surface area (Å²) in [6.07, 6.45) is 3.31. The highest BCUT2D eigenvalue weighted by Crippen LogP contribution is 2.51. The second kappa shape index (κ2) is 5.24. The van der Waals surface area contributed by atoms with Crippen LogP contribution in [0.25, 0.3) is 0 Å². The van der Waals surface area contributed by atoms with Crippen LogP contribution in [0.5, 0.6) is 5.88 Å². The molecule has 0 aromatic carbocycles. The Labute approximate surface area is 130 Å². The van der Waals surface area contributed by atoms with Crippen molar-refractivity contribution in [1.82, 2.24) is 9.97 Å². The van der Waals surface area contributed by atoms with Gasteiger partial charge in [-0.25, -0.2) is 4.98 Å². The third kappa shape index (κ3) is 2.24. The Kier molecular flexibility index (Phi) is 3.68. The zero-order chi connectivity index (χ0) is 15.2. The minimum atomic E-state index is -0.0979. The smallest absolute Gasteiger partial charge is 0.225 e. The van der Waals surface area contributed by atoms with Gasteiger partial charge in [-0.15, -0.1) is 0 Å². The molecule has 1 aromatic heterocycles. The highest BCUT2D eigenvalue weighted by molar-refractivity contribution is 6.28. The Bertz CT molecular complexity index is 590. The lowest BCUT2D eigenvalue weighted by molar-refractivity contribution is -0.128. The van der Waals surface area contributed by atoms with Gasteiger partial charge in [-0.2, -0.15) is 4.98 Å². The van der Waals surface area contributed by atoms with Crippen molar-refractivity contribution < 1.29 is 9.53 Å². The minimum Gasteiger partial charge on any atom is -0.478 e. The molecule has 0 radical (unpaired) electrons. The van der Waals surface area contributed by atoms with Gasteiger partial charge < -0.3 is 4.74 Å². The SMILES string of the molecule is CCOc1nc(Cl)nc2c1CC[C@H]1[C@H](C)C(=O)CCC21C. The van der Waals surface area contributed by atoms with E-state index >= 15 is 0 Å². The second-order valence-corrected chi connectivity index (χ2v) is 6.71. The maximum absolute atomic E-state index is 12.1. The van der Waals surface area contributed by atoms with Crippen LogP contribution in [0.4, 0.5) is 0 Å². The van der Waals surface area contributed by atoms with E-state index in [1.165, 1.54) is 0 Å². The van der Waals surface area contributed by atoms with E-state index in [4.69, 9.17) is 16.3 Å². The average Bonchev–Trinajstić information content (AvgIpc) is 2.44. The summed E-state index contributed by atoms with van der Waals surface area (Å²) in [5.41, 5.74) is 1.99. The molecule has 0 saturated heterocycles. The number of rotatable bonds is 2. The summed E-state index contributed by atoms with van der Waals surface area (Å²) in [4.78, 5) is 20.8. The van der Waals surface area contributed by atoms with Crippen molar-refractivity contribution in [2.75, 3.05) is 6.61 Å². The Morgan fingerprint density at radius 3 is 2.86 bits per heavy atom. The molecule has 1 aromatic rings. The van der Waals surface area contributed by atoms with Crippen LogP contribution in [0, 0.1) is 11.8 Å². The van der Waals surface area contributed by atoms with Crippen molar-refractivity contribution in [3.8, 4) is 5.88 Å². The topological polar surface area (TPSA) is 52.1 Å². The lowest BCUT2D eigenvalue weighted by Gasteiger charge is -2.47. The first-order chi connectivity index (χ1) is 9.97. The summed E-state index contributed by atoms with van der Waals surface area (Å²) in [5, 5.41) is 0.239. The van der Waals surface area contributed by atoms with Gasteiger partial charge in [0.2, 0.25) is 11.2 Å². The van der Waals surface area contributed by atoms with Crippen LogP contribution >= 0.6 is 11.6 Å². The van der Waals surface area contributed by atoms with Gasteiger partial charge in [0, 0.05) is 23.3 Å². The Morgan fingerprint density at radius 1 is 1.38 bits per heavy atom. The zero-order valence-electron chi connectivity index (χ0n) is 12.8. The number of aromatic nitrogens is 2. The Balaban J connectivity index is 2.11. The van der Waals surface area contributed by atoms with Crippen LogP contribution in [-0.4, -0.2) is 22.4 Å². The van der Waals surface area contributed by atoms with Crippen molar-refractivity contribution in [2.45, 2.75) is 51.9 Å². The number of halogens is 1. The van der Waals surface area contributed by atoms with Gasteiger partial charge in [-0.1, -0.05) is 13.8 Å². The monoisotopic (exact) mass is 308 g/mol. The number of Topliss-reactive ketones (excluding diaryl/α,β-unsaturated/α-hetero) is 1. The number of fused-ring (bicyclic) bond motifs is 3. The number of nitrogens with zero attached hydrogens (tertiary/aromatic N) is 2. The maximum Gasteiger partial charge on any atom is 0.225 e. The molecule has 0 aliphatic heterocycles. The summed E-state index contributed by atoms with van der Waals surface area (Å²) in [6, 6.07) is 0. The molecule has 21 heavy (non-hydrogen) atoms. The number of hydrogen-bond acceptors (Lipinski definition) is 4. The molecule has 0 N–H and O–H groups in total. The quantitative estimate of drug-likeness (QED) is 0.786. The molecule has 2 aliphatic rings. The molecule has 3 atom stereocenters. The molecule has 4 nitrogen and oxygen atoms in total. The lowest BCUT2D eigenvalue weighted by atomic mass is 9.56.